The quantitative estimate of drug-likeness (QED) is 0.735. The van der Waals surface area contributed by atoms with E-state index in [-0.39, 0.29) is 0 Å². The maximum absolute atomic E-state index is 6.11. The molecule has 4 saturated carbocycles. The first-order chi connectivity index (χ1) is 8.70. The zero-order chi connectivity index (χ0) is 12.3. The molecule has 1 nitrogen and oxygen atoms in total. The standard InChI is InChI=1S/C17H23N/c1-10-2-3-13(9-16(10)18)17-14-5-11-4-12(7-14)8-15(17)6-11/h2-3,9,11-12,14-15,17H,4-8,18H2,1H3. The number of nitrogen functional groups attached to an aromatic ring is 1. The van der Waals surface area contributed by atoms with Crippen LogP contribution in [0.15, 0.2) is 18.2 Å². The Morgan fingerprint density at radius 2 is 1.56 bits per heavy atom. The van der Waals surface area contributed by atoms with E-state index in [1.54, 1.807) is 0 Å². The lowest BCUT2D eigenvalue weighted by Crippen LogP contribution is -2.43. The van der Waals surface area contributed by atoms with Gasteiger partial charge in [0.25, 0.3) is 0 Å². The van der Waals surface area contributed by atoms with E-state index in [2.05, 4.69) is 25.1 Å². The molecule has 0 saturated heterocycles. The molecule has 0 atom stereocenters. The van der Waals surface area contributed by atoms with Crippen LogP contribution in [-0.4, -0.2) is 0 Å². The molecule has 0 radical (unpaired) electrons. The van der Waals surface area contributed by atoms with Crippen molar-refractivity contribution in [2.24, 2.45) is 23.7 Å². The van der Waals surface area contributed by atoms with Gasteiger partial charge in [-0.1, -0.05) is 12.1 Å². The highest BCUT2D eigenvalue weighted by molar-refractivity contribution is 5.49. The van der Waals surface area contributed by atoms with Crippen LogP contribution in [0.4, 0.5) is 5.69 Å². The summed E-state index contributed by atoms with van der Waals surface area (Å²) in [6.45, 7) is 2.11. The summed E-state index contributed by atoms with van der Waals surface area (Å²) in [5, 5.41) is 0. The molecule has 0 amide bonds. The van der Waals surface area contributed by atoms with E-state index >= 15 is 0 Å². The third-order valence-corrected chi connectivity index (χ3v) is 5.91. The van der Waals surface area contributed by atoms with Gasteiger partial charge in [-0.2, -0.15) is 0 Å². The molecular weight excluding hydrogens is 218 g/mol. The van der Waals surface area contributed by atoms with Gasteiger partial charge >= 0.3 is 0 Å². The van der Waals surface area contributed by atoms with E-state index in [4.69, 9.17) is 5.73 Å². The number of hydrogen-bond acceptors (Lipinski definition) is 1. The summed E-state index contributed by atoms with van der Waals surface area (Å²) >= 11 is 0. The monoisotopic (exact) mass is 241 g/mol. The van der Waals surface area contributed by atoms with Crippen LogP contribution in [0.5, 0.6) is 0 Å². The van der Waals surface area contributed by atoms with Gasteiger partial charge < -0.3 is 5.73 Å². The molecule has 2 N–H and O–H groups in total. The van der Waals surface area contributed by atoms with Crippen LogP contribution in [0.2, 0.25) is 0 Å². The van der Waals surface area contributed by atoms with E-state index < -0.39 is 0 Å². The predicted octanol–water partition coefficient (Wildman–Crippen LogP) is 4.12. The van der Waals surface area contributed by atoms with Crippen molar-refractivity contribution < 1.29 is 0 Å². The van der Waals surface area contributed by atoms with Gasteiger partial charge in [-0.05, 0) is 85.8 Å². The van der Waals surface area contributed by atoms with Crippen LogP contribution in [-0.2, 0) is 0 Å². The summed E-state index contributed by atoms with van der Waals surface area (Å²) in [5.74, 6) is 4.87. The topological polar surface area (TPSA) is 26.0 Å². The lowest BCUT2D eigenvalue weighted by Gasteiger charge is -2.54. The molecule has 1 aromatic rings. The Balaban J connectivity index is 1.70. The minimum Gasteiger partial charge on any atom is -0.399 e. The maximum Gasteiger partial charge on any atom is 0.0346 e. The van der Waals surface area contributed by atoms with E-state index in [9.17, 15) is 0 Å². The minimum atomic E-state index is 0.820. The van der Waals surface area contributed by atoms with Crippen LogP contribution in [0.1, 0.15) is 49.1 Å². The second kappa shape index (κ2) is 3.76. The fourth-order valence-corrected chi connectivity index (χ4v) is 5.34. The van der Waals surface area contributed by atoms with Gasteiger partial charge in [0.15, 0.2) is 0 Å². The third-order valence-electron chi connectivity index (χ3n) is 5.91. The average molecular weight is 241 g/mol. The third kappa shape index (κ3) is 1.52. The van der Waals surface area contributed by atoms with Gasteiger partial charge in [0, 0.05) is 5.69 Å². The summed E-state index contributed by atoms with van der Waals surface area (Å²) in [7, 11) is 0. The fraction of sp³-hybridized carbons (Fsp3) is 0.647. The maximum atomic E-state index is 6.11. The minimum absolute atomic E-state index is 0.820. The van der Waals surface area contributed by atoms with E-state index in [0.717, 1.165) is 35.3 Å². The first-order valence-electron chi connectivity index (χ1n) is 7.56. The largest absolute Gasteiger partial charge is 0.399 e. The Morgan fingerprint density at radius 3 is 2.11 bits per heavy atom. The summed E-state index contributed by atoms with van der Waals surface area (Å²) in [4.78, 5) is 0. The van der Waals surface area contributed by atoms with Gasteiger partial charge in [-0.25, -0.2) is 0 Å². The normalized spacial score (nSPS) is 41.3. The zero-order valence-corrected chi connectivity index (χ0v) is 11.2. The number of anilines is 1. The smallest absolute Gasteiger partial charge is 0.0346 e. The molecule has 1 heteroatoms. The number of hydrogen-bond donors (Lipinski definition) is 1. The highest BCUT2D eigenvalue weighted by atomic mass is 14.6. The lowest BCUT2D eigenvalue weighted by atomic mass is 9.51. The molecule has 0 aromatic heterocycles. The first-order valence-corrected chi connectivity index (χ1v) is 7.56. The first kappa shape index (κ1) is 10.9. The molecule has 0 spiro atoms. The fourth-order valence-electron chi connectivity index (χ4n) is 5.34. The van der Waals surface area contributed by atoms with Crippen molar-refractivity contribution in [1.82, 2.24) is 0 Å². The molecule has 4 bridgehead atoms. The summed E-state index contributed by atoms with van der Waals surface area (Å²) in [6.07, 6.45) is 7.50. The van der Waals surface area contributed by atoms with Crippen molar-refractivity contribution in [1.29, 1.82) is 0 Å². The van der Waals surface area contributed by atoms with Crippen LogP contribution in [0.25, 0.3) is 0 Å². The number of rotatable bonds is 1. The van der Waals surface area contributed by atoms with Gasteiger partial charge in [0.05, 0.1) is 0 Å². The predicted molar refractivity (Wildman–Crippen MR) is 75.4 cm³/mol. The molecule has 0 heterocycles. The summed E-state index contributed by atoms with van der Waals surface area (Å²) in [6, 6.07) is 6.83. The highest BCUT2D eigenvalue weighted by Crippen LogP contribution is 2.59. The van der Waals surface area contributed by atoms with Crippen LogP contribution < -0.4 is 5.73 Å². The van der Waals surface area contributed by atoms with Gasteiger partial charge in [-0.3, -0.25) is 0 Å². The Labute approximate surface area is 110 Å². The van der Waals surface area contributed by atoms with Crippen molar-refractivity contribution in [3.63, 3.8) is 0 Å². The molecule has 4 aliphatic carbocycles. The molecule has 0 unspecified atom stereocenters. The van der Waals surface area contributed by atoms with Gasteiger partial charge in [0.1, 0.15) is 0 Å². The Morgan fingerprint density at radius 1 is 0.944 bits per heavy atom. The van der Waals surface area contributed by atoms with Crippen molar-refractivity contribution in [3.8, 4) is 0 Å². The second-order valence-corrected chi connectivity index (χ2v) is 7.07. The van der Waals surface area contributed by atoms with Crippen LogP contribution in [0, 0.1) is 30.6 Å². The molecular formula is C17H23N. The molecule has 4 fully saturated rings. The van der Waals surface area contributed by atoms with Crippen LogP contribution in [0.3, 0.4) is 0 Å². The van der Waals surface area contributed by atoms with Gasteiger partial charge in [-0.15, -0.1) is 0 Å². The lowest BCUT2D eigenvalue weighted by molar-refractivity contribution is -0.00276. The Hall–Kier alpha value is -0.980. The van der Waals surface area contributed by atoms with Crippen molar-refractivity contribution in [2.45, 2.75) is 44.9 Å². The van der Waals surface area contributed by atoms with E-state index in [1.165, 1.54) is 43.2 Å². The molecule has 5 rings (SSSR count). The average Bonchev–Trinajstić information content (AvgIpc) is 2.32. The molecule has 1 aromatic carbocycles. The number of aryl methyl sites for hydroxylation is 1. The van der Waals surface area contributed by atoms with E-state index in [1.807, 2.05) is 0 Å². The number of nitrogens with two attached hydrogens (primary N) is 1. The Kier molecular flexibility index (Phi) is 2.27. The second-order valence-electron chi connectivity index (χ2n) is 7.07. The number of benzene rings is 1. The van der Waals surface area contributed by atoms with Crippen LogP contribution >= 0.6 is 0 Å². The zero-order valence-electron chi connectivity index (χ0n) is 11.2. The van der Waals surface area contributed by atoms with E-state index in [0.29, 0.717) is 0 Å². The summed E-state index contributed by atoms with van der Waals surface area (Å²) in [5.41, 5.74) is 9.86. The summed E-state index contributed by atoms with van der Waals surface area (Å²) < 4.78 is 0. The van der Waals surface area contributed by atoms with Gasteiger partial charge in [0.2, 0.25) is 0 Å². The molecule has 18 heavy (non-hydrogen) atoms. The molecule has 0 aliphatic heterocycles. The van der Waals surface area contributed by atoms with Crippen molar-refractivity contribution in [2.75, 3.05) is 5.73 Å². The SMILES string of the molecule is Cc1ccc(C2C3CC4CC(C3)CC2C4)cc1N. The highest BCUT2D eigenvalue weighted by Gasteiger charge is 2.48. The van der Waals surface area contributed by atoms with Crippen molar-refractivity contribution in [3.05, 3.63) is 29.3 Å². The Bertz CT molecular complexity index is 448. The molecule has 4 aliphatic rings. The van der Waals surface area contributed by atoms with Crippen molar-refractivity contribution >= 4 is 5.69 Å². The molecule has 96 valence electrons.